The minimum absolute atomic E-state index is 0.293. The summed E-state index contributed by atoms with van der Waals surface area (Å²) >= 11 is 0. The second kappa shape index (κ2) is 9.24. The molecule has 0 amide bonds. The molecular weight excluding hydrogens is 414 g/mol. The molecule has 2 aromatic carbocycles. The van der Waals surface area contributed by atoms with Gasteiger partial charge in [0.05, 0.1) is 5.57 Å². The van der Waals surface area contributed by atoms with Gasteiger partial charge in [0.2, 0.25) is 0 Å². The minimum Gasteiger partial charge on any atom is -0.508 e. The van der Waals surface area contributed by atoms with Crippen LogP contribution in [0.25, 0.3) is 5.57 Å². The van der Waals surface area contributed by atoms with Crippen molar-refractivity contribution in [2.75, 3.05) is 6.54 Å². The van der Waals surface area contributed by atoms with Crippen molar-refractivity contribution in [1.29, 1.82) is 0 Å². The molecule has 1 fully saturated rings. The molecule has 0 radical (unpaired) electrons. The molecule has 0 bridgehead atoms. The Kier molecular flexibility index (Phi) is 6.01. The van der Waals surface area contributed by atoms with Crippen molar-refractivity contribution in [2.24, 2.45) is 10.9 Å². The summed E-state index contributed by atoms with van der Waals surface area (Å²) < 4.78 is 6.09. The molecule has 2 heterocycles. The van der Waals surface area contributed by atoms with Crippen molar-refractivity contribution in [1.82, 2.24) is 10.4 Å². The zero-order chi connectivity index (χ0) is 22.8. The van der Waals surface area contributed by atoms with Crippen molar-refractivity contribution in [3.63, 3.8) is 0 Å². The first-order chi connectivity index (χ1) is 16.1. The number of allylic oxidation sites excluding steroid dienone is 2. The largest absolute Gasteiger partial charge is 0.508 e. The number of carbonyl (C=O) groups excluding carboxylic acids is 1. The fourth-order valence-corrected chi connectivity index (χ4v) is 4.94. The summed E-state index contributed by atoms with van der Waals surface area (Å²) in [6, 6.07) is 13.6. The van der Waals surface area contributed by atoms with Crippen LogP contribution in [-0.2, 0) is 11.4 Å². The van der Waals surface area contributed by atoms with Gasteiger partial charge in [-0.15, -0.1) is 0 Å². The SMILES string of the molecule is Cc1cc(COc2cccc(C3=C(C4CCCCC4)N4NCC(C=O)=C4N=C3)c2)ccc1O. The Bertz CT molecular complexity index is 1160. The van der Waals surface area contributed by atoms with Crippen LogP contribution in [0.2, 0.25) is 0 Å². The van der Waals surface area contributed by atoms with E-state index in [0.717, 1.165) is 53.0 Å². The quantitative estimate of drug-likeness (QED) is 0.622. The predicted molar refractivity (Wildman–Crippen MR) is 129 cm³/mol. The van der Waals surface area contributed by atoms with Crippen LogP contribution in [0.1, 0.15) is 48.8 Å². The lowest BCUT2D eigenvalue weighted by molar-refractivity contribution is -0.104. The van der Waals surface area contributed by atoms with Crippen LogP contribution in [0.5, 0.6) is 11.5 Å². The van der Waals surface area contributed by atoms with Gasteiger partial charge >= 0.3 is 0 Å². The molecule has 0 atom stereocenters. The summed E-state index contributed by atoms with van der Waals surface area (Å²) in [6.07, 6.45) is 8.83. The number of phenolic OH excluding ortho intramolecular Hbond substituents is 1. The number of fused-ring (bicyclic) bond motifs is 1. The highest BCUT2D eigenvalue weighted by Crippen LogP contribution is 2.40. The molecule has 1 saturated carbocycles. The van der Waals surface area contributed by atoms with Gasteiger partial charge in [-0.2, -0.15) is 0 Å². The molecule has 2 N–H and O–H groups in total. The van der Waals surface area contributed by atoms with Crippen LogP contribution < -0.4 is 10.2 Å². The molecular formula is C27H29N3O3. The van der Waals surface area contributed by atoms with Crippen LogP contribution in [0.4, 0.5) is 0 Å². The van der Waals surface area contributed by atoms with E-state index in [0.29, 0.717) is 30.4 Å². The number of rotatable bonds is 6. The number of nitrogens with zero attached hydrogens (tertiary/aromatic N) is 2. The van der Waals surface area contributed by atoms with E-state index in [-0.39, 0.29) is 0 Å². The highest BCUT2D eigenvalue weighted by molar-refractivity contribution is 6.12. The van der Waals surface area contributed by atoms with E-state index in [4.69, 9.17) is 4.74 Å². The van der Waals surface area contributed by atoms with Crippen LogP contribution in [0, 0.1) is 12.8 Å². The van der Waals surface area contributed by atoms with E-state index in [9.17, 15) is 9.90 Å². The molecule has 0 spiro atoms. The summed E-state index contributed by atoms with van der Waals surface area (Å²) in [5, 5.41) is 11.8. The van der Waals surface area contributed by atoms with Gasteiger partial charge in [-0.25, -0.2) is 10.4 Å². The maximum Gasteiger partial charge on any atom is 0.155 e. The summed E-state index contributed by atoms with van der Waals surface area (Å²) in [4.78, 5) is 16.2. The number of phenols is 1. The topological polar surface area (TPSA) is 74.2 Å². The monoisotopic (exact) mass is 443 g/mol. The highest BCUT2D eigenvalue weighted by atomic mass is 16.5. The first-order valence-electron chi connectivity index (χ1n) is 11.7. The Labute approximate surface area is 194 Å². The van der Waals surface area contributed by atoms with E-state index in [1.165, 1.54) is 25.0 Å². The summed E-state index contributed by atoms with van der Waals surface area (Å²) in [5.41, 5.74) is 9.27. The van der Waals surface area contributed by atoms with Crippen molar-refractivity contribution in [3.05, 3.63) is 76.2 Å². The smallest absolute Gasteiger partial charge is 0.155 e. The minimum atomic E-state index is 0.293. The van der Waals surface area contributed by atoms with E-state index in [1.807, 2.05) is 42.4 Å². The third-order valence-corrected chi connectivity index (χ3v) is 6.71. The fraction of sp³-hybridized carbons (Fsp3) is 0.333. The molecule has 170 valence electrons. The number of aliphatic imine (C=N–C) groups is 1. The molecule has 5 rings (SSSR count). The van der Waals surface area contributed by atoms with Crippen LogP contribution in [0.15, 0.2) is 64.5 Å². The molecule has 0 unspecified atom stereocenters. The second-order valence-electron chi connectivity index (χ2n) is 8.97. The van der Waals surface area contributed by atoms with E-state index in [1.54, 1.807) is 6.07 Å². The third-order valence-electron chi connectivity index (χ3n) is 6.71. The lowest BCUT2D eigenvalue weighted by Gasteiger charge is -2.35. The normalized spacial score (nSPS) is 18.6. The van der Waals surface area contributed by atoms with E-state index in [2.05, 4.69) is 22.6 Å². The number of hydrogen-bond donors (Lipinski definition) is 2. The standard InChI is InChI=1S/C27H29N3O3/c1-18-12-19(10-11-25(18)32)17-33-23-9-5-8-21(13-23)24-15-28-27-22(16-31)14-29-30(27)26(24)20-6-3-2-4-7-20/h5,8-13,15-16,20,29,32H,2-4,6-7,14,17H2,1H3. The first-order valence-corrected chi connectivity index (χ1v) is 11.7. The zero-order valence-electron chi connectivity index (χ0n) is 18.9. The van der Waals surface area contributed by atoms with Crippen LogP contribution >= 0.6 is 0 Å². The molecule has 3 aliphatic rings. The van der Waals surface area contributed by atoms with Gasteiger partial charge in [-0.3, -0.25) is 9.80 Å². The summed E-state index contributed by atoms with van der Waals surface area (Å²) in [6.45, 7) is 2.82. The fourth-order valence-electron chi connectivity index (χ4n) is 4.94. The predicted octanol–water partition coefficient (Wildman–Crippen LogP) is 4.89. The van der Waals surface area contributed by atoms with Gasteiger partial charge in [0.25, 0.3) is 0 Å². The van der Waals surface area contributed by atoms with Crippen molar-refractivity contribution >= 4 is 18.1 Å². The Hall–Kier alpha value is -3.38. The number of ether oxygens (including phenoxy) is 1. The molecule has 6 heteroatoms. The molecule has 1 aliphatic carbocycles. The van der Waals surface area contributed by atoms with Gasteiger partial charge in [0.1, 0.15) is 18.1 Å². The second-order valence-corrected chi connectivity index (χ2v) is 8.97. The van der Waals surface area contributed by atoms with Gasteiger partial charge < -0.3 is 9.84 Å². The van der Waals surface area contributed by atoms with Gasteiger partial charge in [-0.05, 0) is 60.7 Å². The summed E-state index contributed by atoms with van der Waals surface area (Å²) in [7, 11) is 0. The van der Waals surface area contributed by atoms with Crippen molar-refractivity contribution < 1.29 is 14.6 Å². The molecule has 2 aromatic rings. The lowest BCUT2D eigenvalue weighted by atomic mass is 9.83. The molecule has 0 aromatic heterocycles. The number of aromatic hydroxyl groups is 1. The van der Waals surface area contributed by atoms with Crippen molar-refractivity contribution in [2.45, 2.75) is 45.6 Å². The molecule has 33 heavy (non-hydrogen) atoms. The maximum absolute atomic E-state index is 11.5. The number of carbonyl (C=O) groups is 1. The van der Waals surface area contributed by atoms with E-state index >= 15 is 0 Å². The van der Waals surface area contributed by atoms with Gasteiger partial charge in [0.15, 0.2) is 12.1 Å². The number of nitrogens with one attached hydrogen (secondary N) is 1. The average molecular weight is 444 g/mol. The maximum atomic E-state index is 11.5. The summed E-state index contributed by atoms with van der Waals surface area (Å²) in [5.74, 6) is 2.23. The number of hydrogen-bond acceptors (Lipinski definition) is 6. The first kappa shape index (κ1) is 21.5. The molecule has 2 aliphatic heterocycles. The van der Waals surface area contributed by atoms with Gasteiger partial charge in [0, 0.05) is 29.9 Å². The molecule has 6 nitrogen and oxygen atoms in total. The van der Waals surface area contributed by atoms with Crippen molar-refractivity contribution in [3.8, 4) is 11.5 Å². The average Bonchev–Trinajstić information content (AvgIpc) is 3.28. The molecule has 0 saturated heterocycles. The number of aldehydes is 1. The number of benzene rings is 2. The lowest BCUT2D eigenvalue weighted by Crippen LogP contribution is -2.37. The Balaban J connectivity index is 1.46. The zero-order valence-corrected chi connectivity index (χ0v) is 18.9. The Morgan fingerprint density at radius 1 is 1.18 bits per heavy atom. The number of hydrazine groups is 1. The number of aryl methyl sites for hydroxylation is 1. The van der Waals surface area contributed by atoms with Crippen LogP contribution in [0.3, 0.4) is 0 Å². The van der Waals surface area contributed by atoms with Crippen LogP contribution in [-0.4, -0.2) is 29.2 Å². The third kappa shape index (κ3) is 4.31. The Morgan fingerprint density at radius 3 is 2.82 bits per heavy atom. The van der Waals surface area contributed by atoms with Gasteiger partial charge in [-0.1, -0.05) is 37.5 Å². The van der Waals surface area contributed by atoms with E-state index < -0.39 is 0 Å². The Morgan fingerprint density at radius 2 is 2.03 bits per heavy atom. The highest BCUT2D eigenvalue weighted by Gasteiger charge is 2.34.